The third-order valence-corrected chi connectivity index (χ3v) is 6.72. The molecular formula is C25H41N3O8. The first-order valence-electron chi connectivity index (χ1n) is 12.8. The molecule has 11 heteroatoms. The molecule has 0 bridgehead atoms. The summed E-state index contributed by atoms with van der Waals surface area (Å²) in [5, 5.41) is 12.6. The molecule has 2 heterocycles. The van der Waals surface area contributed by atoms with E-state index < -0.39 is 17.7 Å². The van der Waals surface area contributed by atoms with E-state index in [0.29, 0.717) is 39.5 Å². The molecular weight excluding hydrogens is 470 g/mol. The van der Waals surface area contributed by atoms with Gasteiger partial charge in [-0.3, -0.25) is 4.90 Å². The van der Waals surface area contributed by atoms with Gasteiger partial charge in [0, 0.05) is 37.3 Å². The molecule has 2 fully saturated rings. The quantitative estimate of drug-likeness (QED) is 0.495. The molecule has 2 saturated heterocycles. The number of nitrogens with zero attached hydrogens (tertiary/aromatic N) is 2. The van der Waals surface area contributed by atoms with Crippen LogP contribution in [-0.4, -0.2) is 109 Å². The number of carbonyl (C=O) groups is 3. The van der Waals surface area contributed by atoms with E-state index in [1.165, 1.54) is 0 Å². The van der Waals surface area contributed by atoms with Crippen LogP contribution in [0.1, 0.15) is 47.0 Å². The summed E-state index contributed by atoms with van der Waals surface area (Å²) in [6.07, 6.45) is 2.90. The lowest BCUT2D eigenvalue weighted by Crippen LogP contribution is -2.55. The molecule has 3 rings (SSSR count). The Morgan fingerprint density at radius 3 is 2.56 bits per heavy atom. The number of hydrogen-bond donors (Lipinski definition) is 2. The number of piperidine rings is 1. The number of nitrogens with one attached hydrogen (secondary N) is 1. The fourth-order valence-corrected chi connectivity index (χ4v) is 4.88. The zero-order valence-corrected chi connectivity index (χ0v) is 21.9. The first-order chi connectivity index (χ1) is 17.0. The Bertz CT molecular complexity index is 806. The van der Waals surface area contributed by atoms with E-state index in [1.54, 1.807) is 25.7 Å². The highest BCUT2D eigenvalue weighted by Crippen LogP contribution is 2.30. The molecule has 2 aliphatic heterocycles. The predicted octanol–water partition coefficient (Wildman–Crippen LogP) is 2.25. The summed E-state index contributed by atoms with van der Waals surface area (Å²) in [4.78, 5) is 40.2. The maximum atomic E-state index is 12.4. The van der Waals surface area contributed by atoms with Gasteiger partial charge in [-0.15, -0.1) is 0 Å². The molecule has 2 amide bonds. The highest BCUT2D eigenvalue weighted by Gasteiger charge is 2.38. The van der Waals surface area contributed by atoms with Crippen LogP contribution in [0, 0.1) is 5.92 Å². The molecule has 0 radical (unpaired) electrons. The number of aliphatic carboxylic acids is 1. The Labute approximate surface area is 213 Å². The minimum absolute atomic E-state index is 0.0196. The number of morpholine rings is 1. The molecule has 2 N–H and O–H groups in total. The molecule has 3 aliphatic rings. The fourth-order valence-electron chi connectivity index (χ4n) is 4.88. The molecule has 204 valence electrons. The van der Waals surface area contributed by atoms with Crippen LogP contribution < -0.4 is 5.32 Å². The van der Waals surface area contributed by atoms with Crippen molar-refractivity contribution >= 4 is 18.2 Å². The van der Waals surface area contributed by atoms with Crippen molar-refractivity contribution in [3.8, 4) is 0 Å². The monoisotopic (exact) mass is 511 g/mol. The average molecular weight is 512 g/mol. The number of carbonyl (C=O) groups excluding carboxylic acids is 2. The van der Waals surface area contributed by atoms with Gasteiger partial charge in [-0.2, -0.15) is 0 Å². The molecule has 36 heavy (non-hydrogen) atoms. The van der Waals surface area contributed by atoms with Gasteiger partial charge in [0.05, 0.1) is 25.9 Å². The van der Waals surface area contributed by atoms with Crippen LogP contribution in [0.15, 0.2) is 11.6 Å². The summed E-state index contributed by atoms with van der Waals surface area (Å²) in [5.41, 5.74) is -0.349. The van der Waals surface area contributed by atoms with Crippen LogP contribution in [0.4, 0.5) is 9.59 Å². The largest absolute Gasteiger partial charge is 0.478 e. The van der Waals surface area contributed by atoms with E-state index in [-0.39, 0.29) is 48.8 Å². The highest BCUT2D eigenvalue weighted by atomic mass is 16.6. The van der Waals surface area contributed by atoms with Crippen LogP contribution in [0.25, 0.3) is 0 Å². The number of carboxylic acids is 1. The zero-order chi connectivity index (χ0) is 26.3. The molecule has 0 spiro atoms. The summed E-state index contributed by atoms with van der Waals surface area (Å²) in [6, 6.07) is -0.517. The van der Waals surface area contributed by atoms with Crippen LogP contribution in [-0.2, 0) is 23.7 Å². The molecule has 0 saturated carbocycles. The number of alkyl carbamates (subject to hydrolysis) is 1. The standard InChI is InChI=1S/C25H41N3O8/c1-17-20(26-23(31)36-25(2,3)4)14-18(22(29)30)15-21(17)28-7-5-6-19(16-28)34-12-13-35-24(32)27-8-10-33-11-9-27/h15,17,19-21H,5-14,16H2,1-4H3,(H,26,31)(H,29,30)/t17-,19+,20+,21-/m1/s1. The third-order valence-electron chi connectivity index (χ3n) is 6.72. The van der Waals surface area contributed by atoms with Crippen molar-refractivity contribution in [3.05, 3.63) is 11.6 Å². The van der Waals surface area contributed by atoms with Crippen molar-refractivity contribution in [2.24, 2.45) is 5.92 Å². The summed E-state index contributed by atoms with van der Waals surface area (Å²) >= 11 is 0. The van der Waals surface area contributed by atoms with E-state index in [4.69, 9.17) is 18.9 Å². The third kappa shape index (κ3) is 8.35. The van der Waals surface area contributed by atoms with Crippen molar-refractivity contribution < 1.29 is 38.4 Å². The van der Waals surface area contributed by atoms with E-state index in [9.17, 15) is 19.5 Å². The van der Waals surface area contributed by atoms with Gasteiger partial charge in [0.25, 0.3) is 0 Å². The van der Waals surface area contributed by atoms with Gasteiger partial charge in [-0.25, -0.2) is 14.4 Å². The Kier molecular flexibility index (Phi) is 9.98. The molecule has 0 aromatic rings. The molecule has 0 aromatic heterocycles. The Morgan fingerprint density at radius 2 is 1.89 bits per heavy atom. The highest BCUT2D eigenvalue weighted by molar-refractivity contribution is 5.87. The van der Waals surface area contributed by atoms with E-state index in [0.717, 1.165) is 19.4 Å². The van der Waals surface area contributed by atoms with Crippen molar-refractivity contribution in [1.29, 1.82) is 0 Å². The number of likely N-dealkylation sites (tertiary alicyclic amines) is 1. The summed E-state index contributed by atoms with van der Waals surface area (Å²) in [7, 11) is 0. The average Bonchev–Trinajstić information content (AvgIpc) is 2.82. The minimum atomic E-state index is -0.977. The maximum absolute atomic E-state index is 12.4. The lowest BCUT2D eigenvalue weighted by molar-refractivity contribution is -0.133. The topological polar surface area (TPSA) is 127 Å². The van der Waals surface area contributed by atoms with Gasteiger partial charge in [-0.1, -0.05) is 13.0 Å². The van der Waals surface area contributed by atoms with Crippen molar-refractivity contribution in [2.45, 2.75) is 70.7 Å². The summed E-state index contributed by atoms with van der Waals surface area (Å²) in [6.45, 7) is 11.4. The lowest BCUT2D eigenvalue weighted by Gasteiger charge is -2.44. The Morgan fingerprint density at radius 1 is 1.17 bits per heavy atom. The number of rotatable bonds is 7. The first kappa shape index (κ1) is 28.2. The van der Waals surface area contributed by atoms with Gasteiger partial charge in [0.1, 0.15) is 12.2 Å². The Balaban J connectivity index is 1.53. The van der Waals surface area contributed by atoms with E-state index in [2.05, 4.69) is 10.2 Å². The summed E-state index contributed by atoms with van der Waals surface area (Å²) in [5.74, 6) is -0.997. The van der Waals surface area contributed by atoms with Crippen molar-refractivity contribution in [1.82, 2.24) is 15.1 Å². The summed E-state index contributed by atoms with van der Waals surface area (Å²) < 4.78 is 22.0. The van der Waals surface area contributed by atoms with Gasteiger partial charge < -0.3 is 34.3 Å². The molecule has 0 unspecified atom stereocenters. The Hall–Kier alpha value is -2.37. The minimum Gasteiger partial charge on any atom is -0.478 e. The van der Waals surface area contributed by atoms with Crippen LogP contribution in [0.2, 0.25) is 0 Å². The second kappa shape index (κ2) is 12.7. The van der Waals surface area contributed by atoms with Crippen molar-refractivity contribution in [3.63, 3.8) is 0 Å². The first-order valence-corrected chi connectivity index (χ1v) is 12.8. The van der Waals surface area contributed by atoms with Gasteiger partial charge in [-0.05, 0) is 52.5 Å². The van der Waals surface area contributed by atoms with Crippen LogP contribution in [0.5, 0.6) is 0 Å². The SMILES string of the molecule is C[C@@H]1[C@@H](NC(=O)OC(C)(C)C)CC(C(=O)O)=C[C@H]1N1CCC[C@H](OCCOC(=O)N2CCOCC2)C1. The maximum Gasteiger partial charge on any atom is 0.409 e. The van der Waals surface area contributed by atoms with Gasteiger partial charge >= 0.3 is 18.2 Å². The number of amides is 2. The van der Waals surface area contributed by atoms with Gasteiger partial charge in [0.15, 0.2) is 0 Å². The molecule has 1 aliphatic carbocycles. The second-order valence-corrected chi connectivity index (χ2v) is 10.6. The predicted molar refractivity (Wildman–Crippen MR) is 131 cm³/mol. The molecule has 11 nitrogen and oxygen atoms in total. The van der Waals surface area contributed by atoms with Gasteiger partial charge in [0.2, 0.25) is 0 Å². The van der Waals surface area contributed by atoms with E-state index >= 15 is 0 Å². The normalized spacial score (nSPS) is 27.7. The fraction of sp³-hybridized carbons (Fsp3) is 0.800. The van der Waals surface area contributed by atoms with Crippen molar-refractivity contribution in [2.75, 3.05) is 52.6 Å². The molecule has 4 atom stereocenters. The second-order valence-electron chi connectivity index (χ2n) is 10.6. The smallest absolute Gasteiger partial charge is 0.409 e. The number of ether oxygens (including phenoxy) is 4. The van der Waals surface area contributed by atoms with Crippen LogP contribution in [0.3, 0.4) is 0 Å². The molecule has 0 aromatic carbocycles. The van der Waals surface area contributed by atoms with Crippen LogP contribution >= 0.6 is 0 Å². The zero-order valence-electron chi connectivity index (χ0n) is 21.9. The van der Waals surface area contributed by atoms with E-state index in [1.807, 2.05) is 13.0 Å². The number of hydrogen-bond acceptors (Lipinski definition) is 8. The lowest BCUT2D eigenvalue weighted by atomic mass is 9.81. The number of carboxylic acid groups (broad SMARTS) is 1.